The van der Waals surface area contributed by atoms with E-state index >= 15 is 0 Å². The molecule has 0 saturated carbocycles. The van der Waals surface area contributed by atoms with E-state index in [2.05, 4.69) is 32.9 Å². The molecular weight excluding hydrogens is 248 g/mol. The Labute approximate surface area is 120 Å². The molecule has 0 N–H and O–H groups in total. The number of benzene rings is 2. The maximum Gasteiger partial charge on any atom is 0.150 e. The van der Waals surface area contributed by atoms with Crippen LogP contribution in [0.4, 0.5) is 0 Å². The fourth-order valence-electron chi connectivity index (χ4n) is 2.42. The van der Waals surface area contributed by atoms with Crippen molar-refractivity contribution in [1.82, 2.24) is 0 Å². The Hall–Kier alpha value is -2.09. The minimum atomic E-state index is 0.388. The number of carbonyl (C=O) groups excluding carboxylic acids is 1. The van der Waals surface area contributed by atoms with Gasteiger partial charge in [0.2, 0.25) is 0 Å². The van der Waals surface area contributed by atoms with Gasteiger partial charge < -0.3 is 4.74 Å². The van der Waals surface area contributed by atoms with E-state index in [0.717, 1.165) is 28.7 Å². The third-order valence-corrected chi connectivity index (χ3v) is 3.53. The van der Waals surface area contributed by atoms with Crippen molar-refractivity contribution in [3.63, 3.8) is 0 Å². The smallest absolute Gasteiger partial charge is 0.150 e. The van der Waals surface area contributed by atoms with Gasteiger partial charge in [-0.1, -0.05) is 32.0 Å². The molecule has 104 valence electrons. The van der Waals surface area contributed by atoms with Crippen LogP contribution in [0.2, 0.25) is 0 Å². The maximum atomic E-state index is 10.9. The van der Waals surface area contributed by atoms with Crippen molar-refractivity contribution in [1.29, 1.82) is 0 Å². The Morgan fingerprint density at radius 3 is 2.50 bits per heavy atom. The minimum Gasteiger partial charge on any atom is -0.496 e. The molecule has 2 rings (SSSR count). The second-order valence-corrected chi connectivity index (χ2v) is 5.31. The third-order valence-electron chi connectivity index (χ3n) is 3.53. The summed E-state index contributed by atoms with van der Waals surface area (Å²) in [6.07, 6.45) is 0.881. The highest BCUT2D eigenvalue weighted by Gasteiger charge is 2.12. The van der Waals surface area contributed by atoms with Crippen LogP contribution < -0.4 is 4.74 Å². The lowest BCUT2D eigenvalue weighted by atomic mass is 9.92. The number of carbonyl (C=O) groups is 1. The Morgan fingerprint density at radius 2 is 1.90 bits per heavy atom. The molecule has 0 bridgehead atoms. The summed E-state index contributed by atoms with van der Waals surface area (Å²) in [4.78, 5) is 10.9. The van der Waals surface area contributed by atoms with Crippen molar-refractivity contribution in [2.45, 2.75) is 26.7 Å². The first kappa shape index (κ1) is 14.3. The molecule has 2 nitrogen and oxygen atoms in total. The van der Waals surface area contributed by atoms with E-state index in [4.69, 9.17) is 4.74 Å². The quantitative estimate of drug-likeness (QED) is 0.757. The summed E-state index contributed by atoms with van der Waals surface area (Å²) < 4.78 is 5.47. The molecule has 0 aliphatic carbocycles. The van der Waals surface area contributed by atoms with E-state index in [1.807, 2.05) is 24.3 Å². The van der Waals surface area contributed by atoms with Gasteiger partial charge in [0.1, 0.15) is 12.0 Å². The number of hydrogen-bond acceptors (Lipinski definition) is 2. The molecular formula is C18H20O2. The van der Waals surface area contributed by atoms with Crippen LogP contribution >= 0.6 is 0 Å². The Kier molecular flexibility index (Phi) is 4.23. The van der Waals surface area contributed by atoms with E-state index in [1.165, 1.54) is 5.56 Å². The number of aldehydes is 1. The molecule has 0 aliphatic heterocycles. The first-order valence-electron chi connectivity index (χ1n) is 6.81. The normalized spacial score (nSPS) is 10.7. The molecule has 0 aromatic heterocycles. The molecule has 2 aromatic rings. The van der Waals surface area contributed by atoms with Gasteiger partial charge in [-0.15, -0.1) is 0 Å². The van der Waals surface area contributed by atoms with E-state index in [9.17, 15) is 4.79 Å². The summed E-state index contributed by atoms with van der Waals surface area (Å²) in [5.74, 6) is 1.31. The van der Waals surface area contributed by atoms with Crippen LogP contribution in [-0.4, -0.2) is 13.4 Å². The van der Waals surface area contributed by atoms with Gasteiger partial charge in [0.05, 0.1) is 7.11 Å². The monoisotopic (exact) mass is 268 g/mol. The molecule has 0 radical (unpaired) electrons. The first-order chi connectivity index (χ1) is 9.56. The molecule has 0 unspecified atom stereocenters. The third kappa shape index (κ3) is 2.74. The summed E-state index contributed by atoms with van der Waals surface area (Å²) in [5.41, 5.74) is 5.25. The van der Waals surface area contributed by atoms with Crippen molar-refractivity contribution >= 4 is 6.29 Å². The van der Waals surface area contributed by atoms with Crippen molar-refractivity contribution in [2.75, 3.05) is 7.11 Å². The van der Waals surface area contributed by atoms with E-state index in [1.54, 1.807) is 7.11 Å². The van der Waals surface area contributed by atoms with E-state index in [-0.39, 0.29) is 0 Å². The molecule has 0 fully saturated rings. The summed E-state index contributed by atoms with van der Waals surface area (Å²) in [6.45, 7) is 6.37. The number of aryl methyl sites for hydroxylation is 1. The van der Waals surface area contributed by atoms with Crippen LogP contribution in [0.15, 0.2) is 36.4 Å². The van der Waals surface area contributed by atoms with Crippen LogP contribution in [0.25, 0.3) is 11.1 Å². The fraction of sp³-hybridized carbons (Fsp3) is 0.278. The first-order valence-corrected chi connectivity index (χ1v) is 6.81. The zero-order valence-corrected chi connectivity index (χ0v) is 12.4. The Balaban J connectivity index is 2.61. The Morgan fingerprint density at radius 1 is 1.15 bits per heavy atom. The van der Waals surface area contributed by atoms with E-state index in [0.29, 0.717) is 11.5 Å². The van der Waals surface area contributed by atoms with Gasteiger partial charge in [-0.05, 0) is 53.3 Å². The van der Waals surface area contributed by atoms with Crippen molar-refractivity contribution < 1.29 is 9.53 Å². The largest absolute Gasteiger partial charge is 0.496 e. The van der Waals surface area contributed by atoms with Crippen molar-refractivity contribution in [2.24, 2.45) is 0 Å². The van der Waals surface area contributed by atoms with Gasteiger partial charge >= 0.3 is 0 Å². The summed E-state index contributed by atoms with van der Waals surface area (Å²) in [7, 11) is 1.70. The lowest BCUT2D eigenvalue weighted by molar-refractivity contribution is 0.112. The van der Waals surface area contributed by atoms with Crippen LogP contribution in [0.1, 0.15) is 41.3 Å². The average molecular weight is 268 g/mol. The second-order valence-electron chi connectivity index (χ2n) is 5.31. The van der Waals surface area contributed by atoms with Gasteiger partial charge in [-0.2, -0.15) is 0 Å². The number of methoxy groups -OCH3 is 1. The number of rotatable bonds is 4. The van der Waals surface area contributed by atoms with Gasteiger partial charge in [-0.3, -0.25) is 4.79 Å². The SMILES string of the molecule is COc1cc(C)c(-c2cccc(C=O)c2)cc1C(C)C. The molecule has 0 saturated heterocycles. The van der Waals surface area contributed by atoms with Crippen molar-refractivity contribution in [3.05, 3.63) is 53.1 Å². The highest BCUT2D eigenvalue weighted by molar-refractivity contribution is 5.80. The highest BCUT2D eigenvalue weighted by Crippen LogP contribution is 2.34. The predicted molar refractivity (Wildman–Crippen MR) is 82.6 cm³/mol. The molecule has 2 heteroatoms. The summed E-state index contributed by atoms with van der Waals surface area (Å²) in [6, 6.07) is 11.9. The zero-order chi connectivity index (χ0) is 14.7. The fourth-order valence-corrected chi connectivity index (χ4v) is 2.42. The lowest BCUT2D eigenvalue weighted by Gasteiger charge is -2.16. The molecule has 0 aliphatic rings. The minimum absolute atomic E-state index is 0.388. The van der Waals surface area contributed by atoms with Crippen LogP contribution in [-0.2, 0) is 0 Å². The topological polar surface area (TPSA) is 26.3 Å². The average Bonchev–Trinajstić information content (AvgIpc) is 2.46. The van der Waals surface area contributed by atoms with Crippen LogP contribution in [0, 0.1) is 6.92 Å². The van der Waals surface area contributed by atoms with Crippen LogP contribution in [0.5, 0.6) is 5.75 Å². The molecule has 2 aromatic carbocycles. The van der Waals surface area contributed by atoms with Crippen LogP contribution in [0.3, 0.4) is 0 Å². The lowest BCUT2D eigenvalue weighted by Crippen LogP contribution is -1.97. The molecule has 0 heterocycles. The van der Waals surface area contributed by atoms with Gasteiger partial charge in [0.15, 0.2) is 0 Å². The number of ether oxygens (including phenoxy) is 1. The van der Waals surface area contributed by atoms with Crippen molar-refractivity contribution in [3.8, 4) is 16.9 Å². The van der Waals surface area contributed by atoms with Gasteiger partial charge in [-0.25, -0.2) is 0 Å². The molecule has 20 heavy (non-hydrogen) atoms. The predicted octanol–water partition coefficient (Wildman–Crippen LogP) is 4.61. The van der Waals surface area contributed by atoms with Gasteiger partial charge in [0.25, 0.3) is 0 Å². The summed E-state index contributed by atoms with van der Waals surface area (Å²) >= 11 is 0. The van der Waals surface area contributed by atoms with Gasteiger partial charge in [0, 0.05) is 5.56 Å². The highest BCUT2D eigenvalue weighted by atomic mass is 16.5. The standard InChI is InChI=1S/C18H20O2/c1-12(2)16-10-17(13(3)8-18(16)20-4)15-7-5-6-14(9-15)11-19/h5-12H,1-4H3. The Bertz CT molecular complexity index is 627. The molecule has 0 spiro atoms. The van der Waals surface area contributed by atoms with E-state index < -0.39 is 0 Å². The second kappa shape index (κ2) is 5.91. The summed E-state index contributed by atoms with van der Waals surface area (Å²) in [5, 5.41) is 0. The zero-order valence-electron chi connectivity index (χ0n) is 12.4. The molecule has 0 amide bonds. The molecule has 0 atom stereocenters. The number of hydrogen-bond donors (Lipinski definition) is 0. The maximum absolute atomic E-state index is 10.9.